The second-order valence-corrected chi connectivity index (χ2v) is 6.98. The first-order valence-corrected chi connectivity index (χ1v) is 9.81. The fraction of sp³-hybridized carbons (Fsp3) is 0.381. The average Bonchev–Trinajstić information content (AvgIpc) is 3.11. The Morgan fingerprint density at radius 3 is 2.59 bits per heavy atom. The Morgan fingerprint density at radius 1 is 1.10 bits per heavy atom. The number of aryl methyl sites for hydroxylation is 1. The lowest BCUT2D eigenvalue weighted by Crippen LogP contribution is -2.44. The number of hydrogen-bond acceptors (Lipinski definition) is 5. The molecule has 0 atom stereocenters. The van der Waals surface area contributed by atoms with Crippen molar-refractivity contribution in [3.05, 3.63) is 56.7 Å². The molecule has 8 nitrogen and oxygen atoms in total. The first-order chi connectivity index (χ1) is 14.2. The minimum atomic E-state index is -0.434. The summed E-state index contributed by atoms with van der Waals surface area (Å²) in [5, 5.41) is 3.31. The molecule has 3 heterocycles. The number of aromatic amines is 1. The highest BCUT2D eigenvalue weighted by Gasteiger charge is 2.22. The lowest BCUT2D eigenvalue weighted by molar-refractivity contribution is 0.572. The van der Waals surface area contributed by atoms with Gasteiger partial charge in [0.25, 0.3) is 5.56 Å². The fourth-order valence-corrected chi connectivity index (χ4v) is 3.64. The van der Waals surface area contributed by atoms with E-state index < -0.39 is 5.69 Å². The zero-order chi connectivity index (χ0) is 20.2. The molecule has 29 heavy (non-hydrogen) atoms. The molecule has 0 bridgehead atoms. The van der Waals surface area contributed by atoms with Crippen LogP contribution in [0, 0.1) is 11.8 Å². The van der Waals surface area contributed by atoms with Crippen LogP contribution in [0.2, 0.25) is 0 Å². The van der Waals surface area contributed by atoms with E-state index in [1.165, 1.54) is 4.57 Å². The van der Waals surface area contributed by atoms with Gasteiger partial charge in [0.15, 0.2) is 11.2 Å². The maximum atomic E-state index is 13.3. The molecule has 1 aliphatic rings. The Hall–Kier alpha value is -3.31. The first kappa shape index (κ1) is 19.0. The Morgan fingerprint density at radius 2 is 1.86 bits per heavy atom. The van der Waals surface area contributed by atoms with Gasteiger partial charge in [0, 0.05) is 32.7 Å². The maximum Gasteiger partial charge on any atom is 0.330 e. The van der Waals surface area contributed by atoms with Crippen molar-refractivity contribution >= 4 is 17.1 Å². The highest BCUT2D eigenvalue weighted by molar-refractivity contribution is 5.74. The van der Waals surface area contributed by atoms with Crippen molar-refractivity contribution in [2.24, 2.45) is 0 Å². The predicted octanol–water partition coefficient (Wildman–Crippen LogP) is 0.562. The minimum absolute atomic E-state index is 0.307. The molecule has 0 radical (unpaired) electrons. The monoisotopic (exact) mass is 392 g/mol. The number of fused-ring (bicyclic) bond motifs is 1. The second kappa shape index (κ2) is 8.37. The van der Waals surface area contributed by atoms with Crippen molar-refractivity contribution in [3.63, 3.8) is 0 Å². The van der Waals surface area contributed by atoms with E-state index in [1.807, 2.05) is 34.9 Å². The summed E-state index contributed by atoms with van der Waals surface area (Å²) in [7, 11) is 0. The summed E-state index contributed by atoms with van der Waals surface area (Å²) in [5.41, 5.74) is 1.03. The lowest BCUT2D eigenvalue weighted by Gasteiger charge is -2.28. The van der Waals surface area contributed by atoms with Gasteiger partial charge < -0.3 is 10.2 Å². The topological polar surface area (TPSA) is 87.9 Å². The molecule has 1 saturated heterocycles. The molecule has 4 rings (SSSR count). The van der Waals surface area contributed by atoms with Gasteiger partial charge >= 0.3 is 5.69 Å². The molecule has 0 amide bonds. The highest BCUT2D eigenvalue weighted by Crippen LogP contribution is 2.19. The molecular weight excluding hydrogens is 368 g/mol. The number of aromatic nitrogens is 4. The number of nitrogens with one attached hydrogen (secondary N) is 2. The van der Waals surface area contributed by atoms with Crippen molar-refractivity contribution in [2.45, 2.75) is 26.4 Å². The molecule has 3 aromatic rings. The highest BCUT2D eigenvalue weighted by atomic mass is 16.2. The molecule has 1 fully saturated rings. The van der Waals surface area contributed by atoms with E-state index in [2.05, 4.69) is 32.0 Å². The number of benzene rings is 1. The maximum absolute atomic E-state index is 13.3. The molecule has 2 aromatic heterocycles. The van der Waals surface area contributed by atoms with Crippen LogP contribution in [0.1, 0.15) is 12.5 Å². The van der Waals surface area contributed by atoms with Gasteiger partial charge in [-0.1, -0.05) is 36.3 Å². The summed E-state index contributed by atoms with van der Waals surface area (Å²) in [4.78, 5) is 35.4. The molecular formula is C21H24N6O2. The summed E-state index contributed by atoms with van der Waals surface area (Å²) in [6.07, 6.45) is 0.600. The van der Waals surface area contributed by atoms with Crippen LogP contribution in [-0.2, 0) is 19.5 Å². The average molecular weight is 392 g/mol. The Balaban J connectivity index is 1.79. The van der Waals surface area contributed by atoms with Gasteiger partial charge in [-0.15, -0.1) is 5.92 Å². The summed E-state index contributed by atoms with van der Waals surface area (Å²) >= 11 is 0. The molecule has 1 aromatic carbocycles. The van der Waals surface area contributed by atoms with E-state index in [1.54, 1.807) is 6.92 Å². The standard InChI is InChI=1S/C21H24N6O2/c1-2-3-12-26-17-18(23-20(26)25-14-10-22-11-15-25)24-21(29)27(19(17)28)13-9-16-7-5-4-6-8-16/h4-8,22H,9-15H2,1H3,(H,24,29). The number of piperazine rings is 1. The largest absolute Gasteiger partial charge is 0.340 e. The van der Waals surface area contributed by atoms with E-state index in [9.17, 15) is 9.59 Å². The third-order valence-electron chi connectivity index (χ3n) is 5.15. The molecule has 8 heteroatoms. The molecule has 1 aliphatic heterocycles. The van der Waals surface area contributed by atoms with Crippen LogP contribution < -0.4 is 21.5 Å². The van der Waals surface area contributed by atoms with Crippen LogP contribution in [0.15, 0.2) is 39.9 Å². The number of nitrogens with zero attached hydrogens (tertiary/aromatic N) is 4. The molecule has 0 unspecified atom stereocenters. The quantitative estimate of drug-likeness (QED) is 0.620. The van der Waals surface area contributed by atoms with Crippen LogP contribution in [0.5, 0.6) is 0 Å². The summed E-state index contributed by atoms with van der Waals surface area (Å²) in [5.74, 6) is 6.59. The lowest BCUT2D eigenvalue weighted by atomic mass is 10.1. The third kappa shape index (κ3) is 3.82. The van der Waals surface area contributed by atoms with Gasteiger partial charge in [-0.05, 0) is 18.9 Å². The van der Waals surface area contributed by atoms with Crippen LogP contribution in [-0.4, -0.2) is 45.3 Å². The molecule has 0 aliphatic carbocycles. The Labute approximate surface area is 168 Å². The molecule has 0 spiro atoms. The van der Waals surface area contributed by atoms with Crippen molar-refractivity contribution in [3.8, 4) is 11.8 Å². The van der Waals surface area contributed by atoms with E-state index in [0.29, 0.717) is 36.6 Å². The number of hydrogen-bond donors (Lipinski definition) is 2. The van der Waals surface area contributed by atoms with Crippen molar-refractivity contribution in [1.29, 1.82) is 0 Å². The van der Waals surface area contributed by atoms with E-state index >= 15 is 0 Å². The number of imidazole rings is 1. The molecule has 0 saturated carbocycles. The van der Waals surface area contributed by atoms with Crippen molar-refractivity contribution in [2.75, 3.05) is 31.1 Å². The summed E-state index contributed by atoms with van der Waals surface area (Å²) in [6.45, 7) is 5.70. The summed E-state index contributed by atoms with van der Waals surface area (Å²) in [6, 6.07) is 9.82. The van der Waals surface area contributed by atoms with E-state index in [0.717, 1.165) is 31.7 Å². The number of anilines is 1. The molecule has 150 valence electrons. The van der Waals surface area contributed by atoms with E-state index in [4.69, 9.17) is 0 Å². The van der Waals surface area contributed by atoms with E-state index in [-0.39, 0.29) is 5.56 Å². The fourth-order valence-electron chi connectivity index (χ4n) is 3.64. The Bertz CT molecular complexity index is 1170. The zero-order valence-electron chi connectivity index (χ0n) is 16.4. The van der Waals surface area contributed by atoms with Crippen LogP contribution in [0.3, 0.4) is 0 Å². The van der Waals surface area contributed by atoms with Crippen LogP contribution in [0.25, 0.3) is 11.2 Å². The SMILES string of the molecule is CC#CCn1c(N2CCNCC2)nc2[nH]c(=O)n(CCc3ccccc3)c(=O)c21. The second-order valence-electron chi connectivity index (χ2n) is 6.98. The predicted molar refractivity (Wildman–Crippen MR) is 113 cm³/mol. The van der Waals surface area contributed by atoms with Gasteiger partial charge in [-0.3, -0.25) is 18.9 Å². The van der Waals surface area contributed by atoms with Crippen LogP contribution in [0.4, 0.5) is 5.95 Å². The minimum Gasteiger partial charge on any atom is -0.340 e. The van der Waals surface area contributed by atoms with Crippen molar-refractivity contribution < 1.29 is 0 Å². The third-order valence-corrected chi connectivity index (χ3v) is 5.15. The zero-order valence-corrected chi connectivity index (χ0v) is 16.4. The van der Waals surface area contributed by atoms with Gasteiger partial charge in [0.1, 0.15) is 0 Å². The number of H-pyrrole nitrogens is 1. The number of rotatable bonds is 5. The van der Waals surface area contributed by atoms with Crippen LogP contribution >= 0.6 is 0 Å². The van der Waals surface area contributed by atoms with Crippen molar-refractivity contribution in [1.82, 2.24) is 24.4 Å². The van der Waals surface area contributed by atoms with Gasteiger partial charge in [-0.2, -0.15) is 4.98 Å². The van der Waals surface area contributed by atoms with Gasteiger partial charge in [0.2, 0.25) is 5.95 Å². The summed E-state index contributed by atoms with van der Waals surface area (Å²) < 4.78 is 3.09. The smallest absolute Gasteiger partial charge is 0.330 e. The van der Waals surface area contributed by atoms with Gasteiger partial charge in [-0.25, -0.2) is 4.79 Å². The Kier molecular flexibility index (Phi) is 5.49. The normalized spacial score (nSPS) is 14.0. The first-order valence-electron chi connectivity index (χ1n) is 9.81. The van der Waals surface area contributed by atoms with Gasteiger partial charge in [0.05, 0.1) is 6.54 Å². The molecule has 2 N–H and O–H groups in total.